The first-order chi connectivity index (χ1) is 17.1. The van der Waals surface area contributed by atoms with Crippen LogP contribution in [0.5, 0.6) is 0 Å². The van der Waals surface area contributed by atoms with Crippen molar-refractivity contribution >= 4 is 28.4 Å². The second-order valence-corrected chi connectivity index (χ2v) is 8.63. The number of aliphatic hydroxyl groups is 1. The van der Waals surface area contributed by atoms with Crippen molar-refractivity contribution in [2.45, 2.75) is 5.16 Å². The van der Waals surface area contributed by atoms with E-state index in [9.17, 15) is 14.8 Å². The molecule has 0 saturated carbocycles. The number of halogens is 1. The normalized spacial score (nSPS) is 11.9. The van der Waals surface area contributed by atoms with E-state index in [0.717, 1.165) is 16.7 Å². The summed E-state index contributed by atoms with van der Waals surface area (Å²) in [6, 6.07) is 25.2. The van der Waals surface area contributed by atoms with Crippen molar-refractivity contribution in [3.8, 4) is 23.1 Å². The van der Waals surface area contributed by atoms with E-state index in [4.69, 9.17) is 0 Å². The van der Waals surface area contributed by atoms with Crippen molar-refractivity contribution in [3.05, 3.63) is 96.3 Å². The number of benzene rings is 3. The average molecular weight is 483 g/mol. The maximum absolute atomic E-state index is 13.5. The van der Waals surface area contributed by atoms with E-state index < -0.39 is 0 Å². The highest BCUT2D eigenvalue weighted by molar-refractivity contribution is 7.99. The molecule has 0 unspecified atom stereocenters. The summed E-state index contributed by atoms with van der Waals surface area (Å²) in [6.45, 7) is 0. The standard InChI is InChI=1S/C26H19FN6OS/c1-32-22-10-6-5-9-21(22)29-25(32)20(15-28)23(34)16-35-26-31-30-24(17-11-13-18(27)14-12-17)33(26)19-7-3-2-4-8-19/h2-14,34H,16H2,1H3/b23-20-. The maximum Gasteiger partial charge on any atom is 0.196 e. The van der Waals surface area contributed by atoms with Gasteiger partial charge >= 0.3 is 0 Å². The molecular formula is C26H19FN6OS. The molecular weight excluding hydrogens is 463 g/mol. The Morgan fingerprint density at radius 2 is 1.71 bits per heavy atom. The monoisotopic (exact) mass is 482 g/mol. The number of nitrogens with zero attached hydrogens (tertiary/aromatic N) is 6. The Labute approximate surface area is 204 Å². The van der Waals surface area contributed by atoms with Crippen LogP contribution in [0.15, 0.2) is 89.8 Å². The number of fused-ring (bicyclic) bond motifs is 1. The Balaban J connectivity index is 1.51. The van der Waals surface area contributed by atoms with Gasteiger partial charge in [-0.3, -0.25) is 4.57 Å². The zero-order valence-corrected chi connectivity index (χ0v) is 19.4. The van der Waals surface area contributed by atoms with Crippen LogP contribution < -0.4 is 0 Å². The molecule has 0 aliphatic carbocycles. The van der Waals surface area contributed by atoms with Crippen LogP contribution in [0.2, 0.25) is 0 Å². The quantitative estimate of drug-likeness (QED) is 0.194. The lowest BCUT2D eigenvalue weighted by Crippen LogP contribution is -2.03. The SMILES string of the molecule is Cn1c(/C(C#N)=C(\O)CSc2nnc(-c3ccc(F)cc3)n2-c2ccccc2)nc2ccccc21. The van der Waals surface area contributed by atoms with Gasteiger partial charge in [-0.15, -0.1) is 10.2 Å². The van der Waals surface area contributed by atoms with Crippen LogP contribution in [0.3, 0.4) is 0 Å². The smallest absolute Gasteiger partial charge is 0.196 e. The highest BCUT2D eigenvalue weighted by Crippen LogP contribution is 2.30. The van der Waals surface area contributed by atoms with Crippen molar-refractivity contribution in [2.24, 2.45) is 7.05 Å². The number of hydrogen-bond acceptors (Lipinski definition) is 6. The number of rotatable bonds is 6. The van der Waals surface area contributed by atoms with Gasteiger partial charge < -0.3 is 9.67 Å². The Kier molecular flexibility index (Phi) is 6.04. The van der Waals surface area contributed by atoms with Gasteiger partial charge in [-0.2, -0.15) is 5.26 Å². The van der Waals surface area contributed by atoms with Crippen LogP contribution in [-0.2, 0) is 7.05 Å². The summed E-state index contributed by atoms with van der Waals surface area (Å²) in [5, 5.41) is 29.8. The van der Waals surface area contributed by atoms with Crippen LogP contribution in [0.4, 0.5) is 4.39 Å². The van der Waals surface area contributed by atoms with Crippen LogP contribution in [0, 0.1) is 17.1 Å². The molecule has 0 radical (unpaired) electrons. The highest BCUT2D eigenvalue weighted by atomic mass is 32.2. The second kappa shape index (κ2) is 9.44. The zero-order chi connectivity index (χ0) is 24.4. The fraction of sp³-hybridized carbons (Fsp3) is 0.0769. The maximum atomic E-state index is 13.5. The van der Waals surface area contributed by atoms with E-state index in [0.29, 0.717) is 22.4 Å². The van der Waals surface area contributed by atoms with Gasteiger partial charge in [0.1, 0.15) is 23.2 Å². The number of thioether (sulfide) groups is 1. The number of imidazole rings is 1. The Morgan fingerprint density at radius 3 is 2.43 bits per heavy atom. The van der Waals surface area contributed by atoms with Gasteiger partial charge in [-0.25, -0.2) is 9.37 Å². The summed E-state index contributed by atoms with van der Waals surface area (Å²) in [5.41, 5.74) is 3.22. The van der Waals surface area contributed by atoms with Gasteiger partial charge in [0, 0.05) is 18.3 Å². The number of allylic oxidation sites excluding steroid dienone is 1. The lowest BCUT2D eigenvalue weighted by Gasteiger charge is -2.10. The molecule has 3 aromatic carbocycles. The van der Waals surface area contributed by atoms with Crippen LogP contribution in [0.1, 0.15) is 5.82 Å². The predicted molar refractivity (Wildman–Crippen MR) is 133 cm³/mol. The number of aromatic nitrogens is 5. The molecule has 0 saturated heterocycles. The van der Waals surface area contributed by atoms with E-state index in [1.54, 1.807) is 16.7 Å². The number of para-hydroxylation sites is 3. The van der Waals surface area contributed by atoms with Crippen molar-refractivity contribution in [3.63, 3.8) is 0 Å². The third kappa shape index (κ3) is 4.27. The van der Waals surface area contributed by atoms with Crippen LogP contribution in [0.25, 0.3) is 33.7 Å². The van der Waals surface area contributed by atoms with Crippen molar-refractivity contribution in [2.75, 3.05) is 5.75 Å². The largest absolute Gasteiger partial charge is 0.510 e. The van der Waals surface area contributed by atoms with Crippen molar-refractivity contribution in [1.82, 2.24) is 24.3 Å². The zero-order valence-electron chi connectivity index (χ0n) is 18.6. The molecule has 0 aliphatic rings. The molecule has 35 heavy (non-hydrogen) atoms. The van der Waals surface area contributed by atoms with Crippen molar-refractivity contribution in [1.29, 1.82) is 5.26 Å². The van der Waals surface area contributed by atoms with Crippen LogP contribution >= 0.6 is 11.8 Å². The first-order valence-electron chi connectivity index (χ1n) is 10.7. The van der Waals surface area contributed by atoms with E-state index in [2.05, 4.69) is 21.3 Å². The van der Waals surface area contributed by atoms with Gasteiger partial charge in [-0.05, 0) is 48.5 Å². The fourth-order valence-electron chi connectivity index (χ4n) is 3.78. The Morgan fingerprint density at radius 1 is 1.00 bits per heavy atom. The lowest BCUT2D eigenvalue weighted by atomic mass is 10.2. The summed E-state index contributed by atoms with van der Waals surface area (Å²) in [5.74, 6) is 0.568. The number of hydrogen-bond donors (Lipinski definition) is 1. The first kappa shape index (κ1) is 22.4. The van der Waals surface area contributed by atoms with Gasteiger partial charge in [0.15, 0.2) is 16.8 Å². The molecule has 0 amide bonds. The lowest BCUT2D eigenvalue weighted by molar-refractivity contribution is 0.420. The fourth-order valence-corrected chi connectivity index (χ4v) is 4.61. The molecule has 2 aromatic heterocycles. The molecule has 5 aromatic rings. The summed E-state index contributed by atoms with van der Waals surface area (Å²) >= 11 is 1.24. The third-order valence-corrected chi connectivity index (χ3v) is 6.44. The molecule has 0 fully saturated rings. The Hall–Kier alpha value is -4.42. The molecule has 0 atom stereocenters. The molecule has 0 spiro atoms. The highest BCUT2D eigenvalue weighted by Gasteiger charge is 2.20. The predicted octanol–water partition coefficient (Wildman–Crippen LogP) is 5.55. The minimum atomic E-state index is -0.338. The minimum Gasteiger partial charge on any atom is -0.510 e. The summed E-state index contributed by atoms with van der Waals surface area (Å²) < 4.78 is 17.1. The minimum absolute atomic E-state index is 0.0838. The number of aliphatic hydroxyl groups excluding tert-OH is 1. The molecule has 172 valence electrons. The third-order valence-electron chi connectivity index (χ3n) is 5.50. The summed E-state index contributed by atoms with van der Waals surface area (Å²) in [7, 11) is 1.81. The van der Waals surface area contributed by atoms with Crippen LogP contribution in [-0.4, -0.2) is 35.2 Å². The van der Waals surface area contributed by atoms with E-state index >= 15 is 0 Å². The molecule has 2 heterocycles. The molecule has 0 bridgehead atoms. The molecule has 5 rings (SSSR count). The number of nitriles is 1. The second-order valence-electron chi connectivity index (χ2n) is 7.69. The number of aryl methyl sites for hydroxylation is 1. The van der Waals surface area contributed by atoms with Gasteiger partial charge in [0.2, 0.25) is 0 Å². The van der Waals surface area contributed by atoms with Gasteiger partial charge in [0.25, 0.3) is 0 Å². The van der Waals surface area contributed by atoms with E-state index in [1.807, 2.05) is 66.2 Å². The van der Waals surface area contributed by atoms with Crippen molar-refractivity contribution < 1.29 is 9.50 Å². The molecule has 9 heteroatoms. The summed E-state index contributed by atoms with van der Waals surface area (Å²) in [4.78, 5) is 4.53. The topological polar surface area (TPSA) is 92.5 Å². The van der Waals surface area contributed by atoms with Gasteiger partial charge in [0.05, 0.1) is 16.8 Å². The van der Waals surface area contributed by atoms with Gasteiger partial charge in [-0.1, -0.05) is 42.1 Å². The average Bonchev–Trinajstić information content (AvgIpc) is 3.46. The summed E-state index contributed by atoms with van der Waals surface area (Å²) in [6.07, 6.45) is 0. The Bertz CT molecular complexity index is 1580. The first-order valence-corrected chi connectivity index (χ1v) is 11.7. The van der Waals surface area contributed by atoms with E-state index in [-0.39, 0.29) is 22.9 Å². The van der Waals surface area contributed by atoms with E-state index in [1.165, 1.54) is 23.9 Å². The molecule has 1 N–H and O–H groups in total. The molecule has 0 aliphatic heterocycles. The molecule has 7 nitrogen and oxygen atoms in total.